The monoisotopic (exact) mass is 241 g/mol. The van der Waals surface area contributed by atoms with Crippen LogP contribution in [0.5, 0.6) is 0 Å². The van der Waals surface area contributed by atoms with Crippen LogP contribution in [-0.2, 0) is 23.9 Å². The van der Waals surface area contributed by atoms with Gasteiger partial charge < -0.3 is 14.4 Å². The number of carbonyl (C=O) groups is 3. The van der Waals surface area contributed by atoms with Crippen molar-refractivity contribution in [2.45, 2.75) is 26.0 Å². The van der Waals surface area contributed by atoms with E-state index in [1.165, 1.54) is 12.0 Å². The molecule has 1 rings (SSSR count). The number of methoxy groups -OCH3 is 1. The van der Waals surface area contributed by atoms with Crippen molar-refractivity contribution in [2.75, 3.05) is 13.7 Å². The normalized spacial score (nSPS) is 17.3. The van der Waals surface area contributed by atoms with Gasteiger partial charge in [0.05, 0.1) is 7.11 Å². The molecule has 1 atom stereocenters. The van der Waals surface area contributed by atoms with E-state index in [0.29, 0.717) is 13.0 Å². The molecule has 0 aromatic heterocycles. The minimum atomic E-state index is -0.678. The summed E-state index contributed by atoms with van der Waals surface area (Å²) in [5, 5.41) is 0. The second-order valence-electron chi connectivity index (χ2n) is 3.58. The number of ether oxygens (including phenoxy) is 2. The molecular weight excluding hydrogens is 226 g/mol. The van der Waals surface area contributed by atoms with Gasteiger partial charge in [0.1, 0.15) is 0 Å². The van der Waals surface area contributed by atoms with Gasteiger partial charge in [-0.3, -0.25) is 4.79 Å². The Labute approximate surface area is 99.2 Å². The number of likely N-dealkylation sites (tertiary alicyclic amines) is 1. The number of nitrogens with zero attached hydrogens (tertiary/aromatic N) is 1. The van der Waals surface area contributed by atoms with Crippen LogP contribution >= 0.6 is 0 Å². The third kappa shape index (κ3) is 3.90. The van der Waals surface area contributed by atoms with Crippen molar-refractivity contribution >= 4 is 17.8 Å². The van der Waals surface area contributed by atoms with Gasteiger partial charge in [-0.25, -0.2) is 9.59 Å². The van der Waals surface area contributed by atoms with Crippen LogP contribution in [-0.4, -0.2) is 42.6 Å². The average molecular weight is 241 g/mol. The summed E-state index contributed by atoms with van der Waals surface area (Å²) in [5.41, 5.74) is 0. The van der Waals surface area contributed by atoms with Crippen molar-refractivity contribution in [2.24, 2.45) is 0 Å². The van der Waals surface area contributed by atoms with E-state index in [-0.39, 0.29) is 5.91 Å². The highest BCUT2D eigenvalue weighted by molar-refractivity contribution is 5.91. The molecule has 0 saturated carbocycles. The van der Waals surface area contributed by atoms with E-state index >= 15 is 0 Å². The Hall–Kier alpha value is -1.85. The van der Waals surface area contributed by atoms with Crippen molar-refractivity contribution in [1.29, 1.82) is 0 Å². The van der Waals surface area contributed by atoms with Crippen LogP contribution < -0.4 is 0 Å². The molecule has 1 unspecified atom stereocenters. The molecule has 1 aliphatic heterocycles. The lowest BCUT2D eigenvalue weighted by molar-refractivity contribution is -0.156. The minimum Gasteiger partial charge on any atom is -0.466 e. The maximum atomic E-state index is 11.4. The zero-order chi connectivity index (χ0) is 12.8. The van der Waals surface area contributed by atoms with Crippen molar-refractivity contribution < 1.29 is 23.9 Å². The van der Waals surface area contributed by atoms with Crippen LogP contribution in [0.15, 0.2) is 12.2 Å². The largest absolute Gasteiger partial charge is 0.466 e. The predicted octanol–water partition coefficient (Wildman–Crippen LogP) is 0.227. The average Bonchev–Trinajstić information content (AvgIpc) is 2.72. The SMILES string of the molecule is COC(=O)C=CC(=O)OC(C)N1CCCC1=O. The number of esters is 2. The fourth-order valence-electron chi connectivity index (χ4n) is 1.53. The molecule has 1 aliphatic rings. The van der Waals surface area contributed by atoms with Gasteiger partial charge in [-0.2, -0.15) is 0 Å². The zero-order valence-corrected chi connectivity index (χ0v) is 9.84. The molecule has 0 spiro atoms. The van der Waals surface area contributed by atoms with Gasteiger partial charge >= 0.3 is 11.9 Å². The molecule has 1 amide bonds. The van der Waals surface area contributed by atoms with Crippen molar-refractivity contribution in [3.05, 3.63) is 12.2 Å². The first kappa shape index (κ1) is 13.2. The van der Waals surface area contributed by atoms with Crippen LogP contribution in [0.4, 0.5) is 0 Å². The lowest BCUT2D eigenvalue weighted by Gasteiger charge is -2.23. The number of hydrogen-bond acceptors (Lipinski definition) is 5. The lowest BCUT2D eigenvalue weighted by atomic mass is 10.4. The Bertz CT molecular complexity index is 350. The van der Waals surface area contributed by atoms with Crippen LogP contribution in [0.3, 0.4) is 0 Å². The Kier molecular flexibility index (Phi) is 4.68. The Morgan fingerprint density at radius 1 is 1.35 bits per heavy atom. The molecule has 0 aromatic carbocycles. The van der Waals surface area contributed by atoms with Crippen molar-refractivity contribution in [3.63, 3.8) is 0 Å². The third-order valence-corrected chi connectivity index (χ3v) is 2.39. The van der Waals surface area contributed by atoms with Crippen LogP contribution in [0.1, 0.15) is 19.8 Å². The quantitative estimate of drug-likeness (QED) is 0.520. The van der Waals surface area contributed by atoms with E-state index in [0.717, 1.165) is 18.6 Å². The van der Waals surface area contributed by atoms with Crippen molar-refractivity contribution in [3.8, 4) is 0 Å². The van der Waals surface area contributed by atoms with Gasteiger partial charge in [0.25, 0.3) is 0 Å². The minimum absolute atomic E-state index is 0.0257. The Morgan fingerprint density at radius 2 is 2.00 bits per heavy atom. The first-order valence-electron chi connectivity index (χ1n) is 5.30. The van der Waals surface area contributed by atoms with Crippen LogP contribution in [0.25, 0.3) is 0 Å². The van der Waals surface area contributed by atoms with Crippen molar-refractivity contribution in [1.82, 2.24) is 4.90 Å². The Morgan fingerprint density at radius 3 is 2.53 bits per heavy atom. The van der Waals surface area contributed by atoms with Gasteiger partial charge in [0.15, 0.2) is 6.23 Å². The highest BCUT2D eigenvalue weighted by Crippen LogP contribution is 2.14. The fourth-order valence-corrected chi connectivity index (χ4v) is 1.53. The standard InChI is InChI=1S/C11H15NO5/c1-8(12-7-3-4-9(12)13)17-11(15)6-5-10(14)16-2/h5-6,8H,3-4,7H2,1-2H3. The van der Waals surface area contributed by atoms with Gasteiger partial charge in [-0.15, -0.1) is 0 Å². The summed E-state index contributed by atoms with van der Waals surface area (Å²) >= 11 is 0. The van der Waals surface area contributed by atoms with Gasteiger partial charge in [-0.1, -0.05) is 0 Å². The summed E-state index contributed by atoms with van der Waals surface area (Å²) in [4.78, 5) is 34.9. The Balaban J connectivity index is 2.43. The topological polar surface area (TPSA) is 72.9 Å². The number of hydrogen-bond donors (Lipinski definition) is 0. The summed E-state index contributed by atoms with van der Waals surface area (Å²) in [6.07, 6.45) is 2.60. The van der Waals surface area contributed by atoms with E-state index < -0.39 is 18.2 Å². The number of amides is 1. The number of rotatable bonds is 4. The summed E-state index contributed by atoms with van der Waals surface area (Å²) < 4.78 is 9.30. The molecule has 0 N–H and O–H groups in total. The van der Waals surface area contributed by atoms with E-state index in [2.05, 4.69) is 4.74 Å². The lowest BCUT2D eigenvalue weighted by Crippen LogP contribution is -2.37. The molecular formula is C11H15NO5. The summed E-state index contributed by atoms with van der Waals surface area (Å²) in [5.74, 6) is -1.34. The molecule has 0 radical (unpaired) electrons. The highest BCUT2D eigenvalue weighted by atomic mass is 16.6. The maximum Gasteiger partial charge on any atom is 0.332 e. The molecule has 17 heavy (non-hydrogen) atoms. The summed E-state index contributed by atoms with van der Waals surface area (Å²) in [6.45, 7) is 2.21. The van der Waals surface area contributed by atoms with Gasteiger partial charge in [0.2, 0.25) is 5.91 Å². The van der Waals surface area contributed by atoms with E-state index in [1.807, 2.05) is 0 Å². The molecule has 0 bridgehead atoms. The second-order valence-corrected chi connectivity index (χ2v) is 3.58. The number of carbonyl (C=O) groups excluding carboxylic acids is 3. The van der Waals surface area contributed by atoms with E-state index in [9.17, 15) is 14.4 Å². The molecule has 6 heteroatoms. The molecule has 1 heterocycles. The molecule has 0 aliphatic carbocycles. The fraction of sp³-hybridized carbons (Fsp3) is 0.545. The van der Waals surface area contributed by atoms with Crippen LogP contribution in [0, 0.1) is 0 Å². The third-order valence-electron chi connectivity index (χ3n) is 2.39. The van der Waals surface area contributed by atoms with E-state index in [1.54, 1.807) is 6.92 Å². The zero-order valence-electron chi connectivity index (χ0n) is 9.84. The summed E-state index contributed by atoms with van der Waals surface area (Å²) in [6, 6.07) is 0. The van der Waals surface area contributed by atoms with Gasteiger partial charge in [-0.05, 0) is 13.3 Å². The highest BCUT2D eigenvalue weighted by Gasteiger charge is 2.26. The molecule has 94 valence electrons. The second kappa shape index (κ2) is 6.03. The molecule has 6 nitrogen and oxygen atoms in total. The smallest absolute Gasteiger partial charge is 0.332 e. The summed E-state index contributed by atoms with van der Waals surface area (Å²) in [7, 11) is 1.21. The first-order chi connectivity index (χ1) is 8.04. The maximum absolute atomic E-state index is 11.4. The predicted molar refractivity (Wildman–Crippen MR) is 57.7 cm³/mol. The van der Waals surface area contributed by atoms with Crippen LogP contribution in [0.2, 0.25) is 0 Å². The molecule has 1 fully saturated rings. The first-order valence-corrected chi connectivity index (χ1v) is 5.30. The molecule has 1 saturated heterocycles. The molecule has 0 aromatic rings. The van der Waals surface area contributed by atoms with Gasteiger partial charge in [0, 0.05) is 25.1 Å². The van der Waals surface area contributed by atoms with E-state index in [4.69, 9.17) is 4.74 Å².